The number of amides is 1. The number of aliphatic hydroxyl groups excluding tert-OH is 1. The Bertz CT molecular complexity index is 441. The van der Waals surface area contributed by atoms with E-state index in [4.69, 9.17) is 4.52 Å². The lowest BCUT2D eigenvalue weighted by Gasteiger charge is -2.26. The predicted molar refractivity (Wildman–Crippen MR) is 77.5 cm³/mol. The molecule has 20 heavy (non-hydrogen) atoms. The fraction of sp³-hybridized carbons (Fsp3) is 0.733. The van der Waals surface area contributed by atoms with Gasteiger partial charge in [0.1, 0.15) is 5.76 Å². The zero-order valence-electron chi connectivity index (χ0n) is 13.3. The van der Waals surface area contributed by atoms with Crippen LogP contribution in [0.1, 0.15) is 57.1 Å². The first-order valence-electron chi connectivity index (χ1n) is 6.99. The van der Waals surface area contributed by atoms with Crippen LogP contribution in [0.5, 0.6) is 0 Å². The van der Waals surface area contributed by atoms with Crippen LogP contribution in [-0.2, 0) is 4.79 Å². The van der Waals surface area contributed by atoms with Gasteiger partial charge >= 0.3 is 0 Å². The van der Waals surface area contributed by atoms with Gasteiger partial charge in [0.2, 0.25) is 5.91 Å². The summed E-state index contributed by atoms with van der Waals surface area (Å²) in [5.74, 6) is 0.222. The predicted octanol–water partition coefficient (Wildman–Crippen LogP) is 2.31. The highest BCUT2D eigenvalue weighted by Crippen LogP contribution is 2.24. The van der Waals surface area contributed by atoms with Gasteiger partial charge < -0.3 is 14.9 Å². The number of rotatable bonds is 5. The molecule has 1 rings (SSSR count). The second-order valence-electron chi connectivity index (χ2n) is 6.61. The molecule has 0 saturated carbocycles. The Morgan fingerprint density at radius 1 is 1.40 bits per heavy atom. The van der Waals surface area contributed by atoms with E-state index >= 15 is 0 Å². The average molecular weight is 282 g/mol. The number of nitrogens with one attached hydrogen (secondary N) is 1. The van der Waals surface area contributed by atoms with Crippen molar-refractivity contribution in [1.82, 2.24) is 10.5 Å². The van der Waals surface area contributed by atoms with E-state index in [1.54, 1.807) is 6.92 Å². The van der Waals surface area contributed by atoms with E-state index in [9.17, 15) is 9.90 Å². The van der Waals surface area contributed by atoms with Crippen LogP contribution in [0.3, 0.4) is 0 Å². The van der Waals surface area contributed by atoms with Crippen LogP contribution in [0, 0.1) is 19.3 Å². The molecule has 0 aliphatic heterocycles. The van der Waals surface area contributed by atoms with Gasteiger partial charge in [-0.05, 0) is 32.6 Å². The first-order valence-corrected chi connectivity index (χ1v) is 6.99. The van der Waals surface area contributed by atoms with Gasteiger partial charge in [-0.1, -0.05) is 25.9 Å². The van der Waals surface area contributed by atoms with Gasteiger partial charge in [0.05, 0.1) is 24.3 Å². The van der Waals surface area contributed by atoms with Gasteiger partial charge in [0.15, 0.2) is 0 Å². The lowest BCUT2D eigenvalue weighted by Crippen LogP contribution is -2.42. The molecule has 0 bridgehead atoms. The molecule has 2 unspecified atom stereocenters. The number of aliphatic hydroxyl groups is 1. The van der Waals surface area contributed by atoms with Gasteiger partial charge in [-0.2, -0.15) is 0 Å². The molecular formula is C15H26N2O3. The highest BCUT2D eigenvalue weighted by Gasteiger charge is 2.26. The summed E-state index contributed by atoms with van der Waals surface area (Å²) in [6, 6.07) is -0.231. The fourth-order valence-electron chi connectivity index (χ4n) is 2.47. The highest BCUT2D eigenvalue weighted by atomic mass is 16.5. The third-order valence-corrected chi connectivity index (χ3v) is 3.34. The number of hydrogen-bond donors (Lipinski definition) is 2. The zero-order valence-corrected chi connectivity index (χ0v) is 13.3. The summed E-state index contributed by atoms with van der Waals surface area (Å²) in [4.78, 5) is 12.3. The minimum Gasteiger partial charge on any atom is -0.394 e. The Labute approximate surface area is 120 Å². The van der Waals surface area contributed by atoms with Crippen LogP contribution >= 0.6 is 0 Å². The minimum absolute atomic E-state index is 0.0486. The molecule has 114 valence electrons. The number of carbonyl (C=O) groups is 1. The van der Waals surface area contributed by atoms with Crippen LogP contribution in [0.2, 0.25) is 0 Å². The maximum Gasteiger partial charge on any atom is 0.227 e. The summed E-state index contributed by atoms with van der Waals surface area (Å²) in [6.45, 7) is 11.6. The Morgan fingerprint density at radius 2 is 2.00 bits per heavy atom. The fourth-order valence-corrected chi connectivity index (χ4v) is 2.47. The summed E-state index contributed by atoms with van der Waals surface area (Å²) < 4.78 is 5.10. The molecule has 2 N–H and O–H groups in total. The van der Waals surface area contributed by atoms with E-state index in [0.717, 1.165) is 17.7 Å². The lowest BCUT2D eigenvalue weighted by molar-refractivity contribution is -0.123. The van der Waals surface area contributed by atoms with Crippen molar-refractivity contribution in [2.45, 2.75) is 59.9 Å². The van der Waals surface area contributed by atoms with Gasteiger partial charge in [0, 0.05) is 5.56 Å². The maximum atomic E-state index is 12.3. The Kier molecular flexibility index (Phi) is 5.34. The van der Waals surface area contributed by atoms with Gasteiger partial charge in [-0.15, -0.1) is 0 Å². The third-order valence-electron chi connectivity index (χ3n) is 3.34. The van der Waals surface area contributed by atoms with Crippen LogP contribution < -0.4 is 5.32 Å². The average Bonchev–Trinajstić information content (AvgIpc) is 2.65. The van der Waals surface area contributed by atoms with Gasteiger partial charge in [-0.3, -0.25) is 4.79 Å². The molecule has 5 nitrogen and oxygen atoms in total. The SMILES string of the molecule is Cc1noc(C)c1C(C)C(=O)NC(CO)CC(C)(C)C. The second kappa shape index (κ2) is 6.39. The van der Waals surface area contributed by atoms with E-state index < -0.39 is 0 Å². The quantitative estimate of drug-likeness (QED) is 0.869. The van der Waals surface area contributed by atoms with E-state index in [-0.39, 0.29) is 29.9 Å². The normalized spacial score (nSPS) is 14.9. The number of carbonyl (C=O) groups excluding carboxylic acids is 1. The molecule has 0 radical (unpaired) electrons. The van der Waals surface area contributed by atoms with Crippen molar-refractivity contribution in [3.8, 4) is 0 Å². The van der Waals surface area contributed by atoms with E-state index in [1.165, 1.54) is 0 Å². The molecule has 2 atom stereocenters. The Morgan fingerprint density at radius 3 is 2.40 bits per heavy atom. The molecule has 0 fully saturated rings. The maximum absolute atomic E-state index is 12.3. The topological polar surface area (TPSA) is 75.4 Å². The second-order valence-corrected chi connectivity index (χ2v) is 6.61. The van der Waals surface area contributed by atoms with Gasteiger partial charge in [0.25, 0.3) is 0 Å². The van der Waals surface area contributed by atoms with E-state index in [0.29, 0.717) is 5.76 Å². The van der Waals surface area contributed by atoms with Crippen LogP contribution in [0.4, 0.5) is 0 Å². The Balaban J connectivity index is 2.75. The molecule has 1 amide bonds. The smallest absolute Gasteiger partial charge is 0.227 e. The number of aromatic nitrogens is 1. The molecule has 0 saturated heterocycles. The lowest BCUT2D eigenvalue weighted by atomic mass is 9.88. The number of hydrogen-bond acceptors (Lipinski definition) is 4. The summed E-state index contributed by atoms with van der Waals surface area (Å²) in [5, 5.41) is 16.2. The largest absolute Gasteiger partial charge is 0.394 e. The molecule has 0 aliphatic rings. The summed E-state index contributed by atoms with van der Waals surface area (Å²) in [7, 11) is 0. The molecule has 5 heteroatoms. The monoisotopic (exact) mass is 282 g/mol. The van der Waals surface area contributed by atoms with Crippen molar-refractivity contribution >= 4 is 5.91 Å². The third kappa shape index (κ3) is 4.34. The molecule has 1 aromatic heterocycles. The van der Waals surface area contributed by atoms with Crippen LogP contribution in [0.15, 0.2) is 4.52 Å². The number of nitrogens with zero attached hydrogens (tertiary/aromatic N) is 1. The van der Waals surface area contributed by atoms with Crippen LogP contribution in [0.25, 0.3) is 0 Å². The molecule has 0 spiro atoms. The zero-order chi connectivity index (χ0) is 15.5. The minimum atomic E-state index is -0.338. The highest BCUT2D eigenvalue weighted by molar-refractivity contribution is 5.84. The first kappa shape index (κ1) is 16.7. The molecule has 0 aliphatic carbocycles. The summed E-state index contributed by atoms with van der Waals surface area (Å²) in [6.07, 6.45) is 0.726. The van der Waals surface area contributed by atoms with Crippen LogP contribution in [-0.4, -0.2) is 28.8 Å². The molecule has 1 aromatic rings. The molecule has 0 aromatic carbocycles. The van der Waals surface area contributed by atoms with Crippen molar-refractivity contribution in [2.75, 3.05) is 6.61 Å². The van der Waals surface area contributed by atoms with Crippen molar-refractivity contribution in [2.24, 2.45) is 5.41 Å². The van der Waals surface area contributed by atoms with Gasteiger partial charge in [-0.25, -0.2) is 0 Å². The standard InChI is InChI=1S/C15H26N2O3/c1-9(13-10(2)17-20-11(13)3)14(19)16-12(8-18)7-15(4,5)6/h9,12,18H,7-8H2,1-6H3,(H,16,19). The number of aryl methyl sites for hydroxylation is 2. The molecular weight excluding hydrogens is 256 g/mol. The first-order chi connectivity index (χ1) is 9.15. The van der Waals surface area contributed by atoms with Crippen molar-refractivity contribution in [1.29, 1.82) is 0 Å². The van der Waals surface area contributed by atoms with Crippen molar-refractivity contribution in [3.05, 3.63) is 17.0 Å². The summed E-state index contributed by atoms with van der Waals surface area (Å²) >= 11 is 0. The van der Waals surface area contributed by atoms with Crippen molar-refractivity contribution in [3.63, 3.8) is 0 Å². The summed E-state index contributed by atoms with van der Waals surface area (Å²) in [5.41, 5.74) is 1.61. The van der Waals surface area contributed by atoms with Crippen molar-refractivity contribution < 1.29 is 14.4 Å². The molecule has 1 heterocycles. The van der Waals surface area contributed by atoms with E-state index in [2.05, 4.69) is 31.2 Å². The van der Waals surface area contributed by atoms with E-state index in [1.807, 2.05) is 13.8 Å². The Hall–Kier alpha value is -1.36.